The number of halogens is 1. The van der Waals surface area contributed by atoms with Crippen LogP contribution in [0.2, 0.25) is 0 Å². The molecule has 0 radical (unpaired) electrons. The van der Waals surface area contributed by atoms with Gasteiger partial charge in [0.2, 0.25) is 0 Å². The van der Waals surface area contributed by atoms with Gasteiger partial charge in [-0.3, -0.25) is 4.79 Å². The molecular weight excluding hydrogens is 322 g/mol. The largest absolute Gasteiger partial charge is 0.464 e. The van der Waals surface area contributed by atoms with Crippen molar-refractivity contribution < 1.29 is 14.3 Å². The number of ether oxygens (including phenoxy) is 1. The molecule has 0 aliphatic carbocycles. The smallest absolute Gasteiger partial charge is 0.354 e. The Hall–Kier alpha value is -1.62. The van der Waals surface area contributed by atoms with Gasteiger partial charge in [0.15, 0.2) is 5.78 Å². The van der Waals surface area contributed by atoms with Gasteiger partial charge >= 0.3 is 5.97 Å². The van der Waals surface area contributed by atoms with E-state index in [9.17, 15) is 9.59 Å². The SMILES string of the molecule is COC(=O)/C(=C/C(=O)C(C)(C)C)Nc1ccccc1Br. The van der Waals surface area contributed by atoms with Gasteiger partial charge in [-0.05, 0) is 28.1 Å². The van der Waals surface area contributed by atoms with Crippen LogP contribution < -0.4 is 5.32 Å². The van der Waals surface area contributed by atoms with E-state index in [1.54, 1.807) is 26.8 Å². The Morgan fingerprint density at radius 3 is 2.35 bits per heavy atom. The molecule has 0 aromatic heterocycles. The number of benzene rings is 1. The van der Waals surface area contributed by atoms with Crippen LogP contribution in [0.15, 0.2) is 40.5 Å². The van der Waals surface area contributed by atoms with E-state index in [0.717, 1.165) is 4.47 Å². The molecule has 0 fully saturated rings. The van der Waals surface area contributed by atoms with Crippen LogP contribution in [-0.4, -0.2) is 18.9 Å². The Bertz CT molecular complexity index is 544. The summed E-state index contributed by atoms with van der Waals surface area (Å²) in [7, 11) is 1.28. The Labute approximate surface area is 127 Å². The quantitative estimate of drug-likeness (QED) is 0.673. The van der Waals surface area contributed by atoms with Crippen molar-refractivity contribution in [1.29, 1.82) is 0 Å². The van der Waals surface area contributed by atoms with E-state index in [4.69, 9.17) is 4.74 Å². The number of carbonyl (C=O) groups is 2. The lowest BCUT2D eigenvalue weighted by molar-refractivity contribution is -0.136. The molecule has 0 atom stereocenters. The summed E-state index contributed by atoms with van der Waals surface area (Å²) in [6, 6.07) is 7.32. The number of allylic oxidation sites excluding steroid dienone is 1. The zero-order valence-corrected chi connectivity index (χ0v) is 13.6. The van der Waals surface area contributed by atoms with Crippen molar-refractivity contribution in [3.05, 3.63) is 40.5 Å². The number of para-hydroxylation sites is 1. The zero-order chi connectivity index (χ0) is 15.3. The summed E-state index contributed by atoms with van der Waals surface area (Å²) in [5, 5.41) is 2.92. The van der Waals surface area contributed by atoms with E-state index < -0.39 is 11.4 Å². The molecule has 0 spiro atoms. The number of rotatable bonds is 4. The van der Waals surface area contributed by atoms with Crippen LogP contribution in [0.4, 0.5) is 5.69 Å². The summed E-state index contributed by atoms with van der Waals surface area (Å²) in [5.74, 6) is -0.740. The molecule has 0 unspecified atom stereocenters. The normalized spacial score (nSPS) is 11.9. The highest BCUT2D eigenvalue weighted by Crippen LogP contribution is 2.24. The summed E-state index contributed by atoms with van der Waals surface area (Å²) in [5.41, 5.74) is 0.236. The highest BCUT2D eigenvalue weighted by molar-refractivity contribution is 9.10. The monoisotopic (exact) mass is 339 g/mol. The predicted molar refractivity (Wildman–Crippen MR) is 82.3 cm³/mol. The van der Waals surface area contributed by atoms with Gasteiger partial charge in [0.25, 0.3) is 0 Å². The van der Waals surface area contributed by atoms with Crippen molar-refractivity contribution in [2.75, 3.05) is 12.4 Å². The minimum atomic E-state index is -0.585. The molecule has 1 aromatic carbocycles. The Morgan fingerprint density at radius 2 is 1.85 bits per heavy atom. The Balaban J connectivity index is 3.09. The van der Waals surface area contributed by atoms with E-state index in [2.05, 4.69) is 21.2 Å². The van der Waals surface area contributed by atoms with Gasteiger partial charge in [0.05, 0.1) is 12.8 Å². The fraction of sp³-hybridized carbons (Fsp3) is 0.333. The van der Waals surface area contributed by atoms with E-state index in [0.29, 0.717) is 5.69 Å². The summed E-state index contributed by atoms with van der Waals surface area (Å²) in [6.07, 6.45) is 1.28. The molecule has 1 aromatic rings. The molecular formula is C15H18BrNO3. The van der Waals surface area contributed by atoms with Gasteiger partial charge in [-0.25, -0.2) is 4.79 Å². The average Bonchev–Trinajstić information content (AvgIpc) is 2.38. The first kappa shape index (κ1) is 16.4. The fourth-order valence-corrected chi connectivity index (χ4v) is 1.70. The third-order valence-corrected chi connectivity index (χ3v) is 3.25. The van der Waals surface area contributed by atoms with Crippen LogP contribution in [0.3, 0.4) is 0 Å². The molecule has 0 amide bonds. The summed E-state index contributed by atoms with van der Waals surface area (Å²) in [4.78, 5) is 23.8. The number of methoxy groups -OCH3 is 1. The van der Waals surface area contributed by atoms with Crippen LogP contribution in [0.5, 0.6) is 0 Å². The number of nitrogens with one attached hydrogen (secondary N) is 1. The second-order valence-corrected chi connectivity index (χ2v) is 6.12. The molecule has 4 nitrogen and oxygen atoms in total. The highest BCUT2D eigenvalue weighted by atomic mass is 79.9. The molecule has 20 heavy (non-hydrogen) atoms. The van der Waals surface area contributed by atoms with Gasteiger partial charge in [-0.1, -0.05) is 32.9 Å². The lowest BCUT2D eigenvalue weighted by Gasteiger charge is -2.16. The maximum atomic E-state index is 12.0. The maximum Gasteiger partial charge on any atom is 0.354 e. The second kappa shape index (κ2) is 6.70. The molecule has 108 valence electrons. The number of ketones is 1. The molecule has 0 aliphatic rings. The van der Waals surface area contributed by atoms with Gasteiger partial charge in [-0.2, -0.15) is 0 Å². The summed E-state index contributed by atoms with van der Waals surface area (Å²) in [6.45, 7) is 5.37. The average molecular weight is 340 g/mol. The summed E-state index contributed by atoms with van der Waals surface area (Å²) < 4.78 is 5.49. The molecule has 1 rings (SSSR count). The van der Waals surface area contributed by atoms with Crippen LogP contribution in [0.25, 0.3) is 0 Å². The maximum absolute atomic E-state index is 12.0. The van der Waals surface area contributed by atoms with Gasteiger partial charge < -0.3 is 10.1 Å². The van der Waals surface area contributed by atoms with E-state index >= 15 is 0 Å². The minimum Gasteiger partial charge on any atom is -0.464 e. The molecule has 0 saturated carbocycles. The first-order chi connectivity index (χ1) is 9.25. The lowest BCUT2D eigenvalue weighted by atomic mass is 9.90. The van der Waals surface area contributed by atoms with Crippen molar-refractivity contribution in [1.82, 2.24) is 0 Å². The summed E-state index contributed by atoms with van der Waals surface area (Å²) >= 11 is 3.37. The topological polar surface area (TPSA) is 55.4 Å². The predicted octanol–water partition coefficient (Wildman–Crippen LogP) is 3.53. The van der Waals surface area contributed by atoms with Crippen LogP contribution in [0, 0.1) is 5.41 Å². The van der Waals surface area contributed by atoms with Gasteiger partial charge in [-0.15, -0.1) is 0 Å². The van der Waals surface area contributed by atoms with Crippen molar-refractivity contribution >= 4 is 33.4 Å². The molecule has 5 heteroatoms. The number of esters is 1. The fourth-order valence-electron chi connectivity index (χ4n) is 1.31. The van der Waals surface area contributed by atoms with Crippen LogP contribution in [0.1, 0.15) is 20.8 Å². The molecule has 0 saturated heterocycles. The first-order valence-electron chi connectivity index (χ1n) is 6.11. The van der Waals surface area contributed by atoms with E-state index in [1.807, 2.05) is 18.2 Å². The molecule has 0 bridgehead atoms. The molecule has 0 heterocycles. The van der Waals surface area contributed by atoms with Crippen LogP contribution >= 0.6 is 15.9 Å². The third kappa shape index (κ3) is 4.49. The van der Waals surface area contributed by atoms with E-state index in [1.165, 1.54) is 13.2 Å². The standard InChI is InChI=1S/C15H18BrNO3/c1-15(2,3)13(18)9-12(14(19)20-4)17-11-8-6-5-7-10(11)16/h5-9,17H,1-4H3/b12-9-. The zero-order valence-electron chi connectivity index (χ0n) is 12.0. The first-order valence-corrected chi connectivity index (χ1v) is 6.91. The Kier molecular flexibility index (Phi) is 5.51. The van der Waals surface area contributed by atoms with E-state index in [-0.39, 0.29) is 11.5 Å². The highest BCUT2D eigenvalue weighted by Gasteiger charge is 2.22. The number of carbonyl (C=O) groups excluding carboxylic acids is 2. The van der Waals surface area contributed by atoms with Crippen molar-refractivity contribution in [2.24, 2.45) is 5.41 Å². The van der Waals surface area contributed by atoms with Crippen LogP contribution in [-0.2, 0) is 14.3 Å². The van der Waals surface area contributed by atoms with Gasteiger partial charge in [0, 0.05) is 16.0 Å². The minimum absolute atomic E-state index is 0.110. The number of hydrogen-bond acceptors (Lipinski definition) is 4. The number of anilines is 1. The Morgan fingerprint density at radius 1 is 1.25 bits per heavy atom. The van der Waals surface area contributed by atoms with Crippen molar-refractivity contribution in [2.45, 2.75) is 20.8 Å². The van der Waals surface area contributed by atoms with Gasteiger partial charge in [0.1, 0.15) is 5.70 Å². The third-order valence-electron chi connectivity index (χ3n) is 2.56. The molecule has 0 aliphatic heterocycles. The number of hydrogen-bond donors (Lipinski definition) is 1. The second-order valence-electron chi connectivity index (χ2n) is 5.27. The van der Waals surface area contributed by atoms with Crippen molar-refractivity contribution in [3.8, 4) is 0 Å². The lowest BCUT2D eigenvalue weighted by Crippen LogP contribution is -2.22. The molecule has 1 N–H and O–H groups in total. The van der Waals surface area contributed by atoms with Crippen molar-refractivity contribution in [3.63, 3.8) is 0 Å².